The minimum absolute atomic E-state index is 0.0101. The Morgan fingerprint density at radius 1 is 1.16 bits per heavy atom. The van der Waals surface area contributed by atoms with Gasteiger partial charge in [-0.1, -0.05) is 29.8 Å². The van der Waals surface area contributed by atoms with Crippen LogP contribution in [0.3, 0.4) is 0 Å². The third kappa shape index (κ3) is 4.70. The molecule has 0 aromatic heterocycles. The van der Waals surface area contributed by atoms with Gasteiger partial charge in [0.25, 0.3) is 5.91 Å². The Morgan fingerprint density at radius 3 is 2.40 bits per heavy atom. The quantitative estimate of drug-likeness (QED) is 0.795. The molecule has 0 saturated heterocycles. The van der Waals surface area contributed by atoms with E-state index in [4.69, 9.17) is 16.3 Å². The number of ether oxygens (including phenoxy) is 2. The third-order valence-electron chi connectivity index (χ3n) is 3.61. The van der Waals surface area contributed by atoms with E-state index in [1.54, 1.807) is 24.3 Å². The molecule has 2 rings (SSSR count). The molecule has 2 aromatic rings. The fraction of sp³-hybridized carbons (Fsp3) is 0.222. The number of hydrogen-bond donors (Lipinski definition) is 1. The van der Waals surface area contributed by atoms with Crippen molar-refractivity contribution >= 4 is 23.5 Å². The van der Waals surface area contributed by atoms with E-state index in [2.05, 4.69) is 10.1 Å². The molecule has 0 aliphatic carbocycles. The second kappa shape index (κ2) is 8.48. The van der Waals surface area contributed by atoms with Crippen molar-refractivity contribution < 1.29 is 23.5 Å². The molecule has 1 amide bonds. The molecule has 1 N–H and O–H groups in total. The topological polar surface area (TPSA) is 64.6 Å². The average molecular weight is 366 g/mol. The molecule has 0 fully saturated rings. The van der Waals surface area contributed by atoms with Gasteiger partial charge in [0.05, 0.1) is 37.3 Å². The van der Waals surface area contributed by atoms with Crippen LogP contribution in [-0.4, -0.2) is 26.1 Å². The summed E-state index contributed by atoms with van der Waals surface area (Å²) in [6.45, 7) is 0. The molecule has 0 heterocycles. The number of carbonyl (C=O) groups excluding carboxylic acids is 2. The first kappa shape index (κ1) is 18.7. The van der Waals surface area contributed by atoms with Crippen LogP contribution in [0, 0.1) is 5.82 Å². The lowest BCUT2D eigenvalue weighted by molar-refractivity contribution is -0.141. The van der Waals surface area contributed by atoms with E-state index >= 15 is 0 Å². The van der Waals surface area contributed by atoms with Crippen LogP contribution in [0.25, 0.3) is 0 Å². The van der Waals surface area contributed by atoms with Gasteiger partial charge in [0, 0.05) is 0 Å². The van der Waals surface area contributed by atoms with Gasteiger partial charge in [-0.05, 0) is 29.8 Å². The Labute approximate surface area is 149 Å². The summed E-state index contributed by atoms with van der Waals surface area (Å²) in [5.74, 6) is -1.34. The molecule has 25 heavy (non-hydrogen) atoms. The van der Waals surface area contributed by atoms with Crippen molar-refractivity contribution in [3.63, 3.8) is 0 Å². The van der Waals surface area contributed by atoms with Gasteiger partial charge in [0.1, 0.15) is 11.6 Å². The highest BCUT2D eigenvalue weighted by Crippen LogP contribution is 2.24. The van der Waals surface area contributed by atoms with Crippen LogP contribution in [0.5, 0.6) is 5.75 Å². The zero-order valence-electron chi connectivity index (χ0n) is 13.7. The first-order valence-electron chi connectivity index (χ1n) is 7.42. The Morgan fingerprint density at radius 2 is 1.84 bits per heavy atom. The zero-order chi connectivity index (χ0) is 18.4. The van der Waals surface area contributed by atoms with E-state index in [0.717, 1.165) is 6.07 Å². The number of hydrogen-bond acceptors (Lipinski definition) is 4. The van der Waals surface area contributed by atoms with Crippen LogP contribution in [0.1, 0.15) is 28.4 Å². The first-order chi connectivity index (χ1) is 12.0. The van der Waals surface area contributed by atoms with Crippen molar-refractivity contribution in [1.82, 2.24) is 5.32 Å². The minimum atomic E-state index is -0.739. The predicted octanol–water partition coefficient (Wildman–Crippen LogP) is 3.52. The lowest BCUT2D eigenvalue weighted by Crippen LogP contribution is -2.31. The summed E-state index contributed by atoms with van der Waals surface area (Å²) in [6, 6.07) is 10.1. The number of rotatable bonds is 6. The number of amides is 1. The lowest BCUT2D eigenvalue weighted by atomic mass is 10.0. The number of benzene rings is 2. The lowest BCUT2D eigenvalue weighted by Gasteiger charge is -2.19. The van der Waals surface area contributed by atoms with Gasteiger partial charge in [-0.15, -0.1) is 0 Å². The van der Waals surface area contributed by atoms with Gasteiger partial charge < -0.3 is 14.8 Å². The number of esters is 1. The molecule has 7 heteroatoms. The Kier molecular flexibility index (Phi) is 6.36. The predicted molar refractivity (Wildman–Crippen MR) is 91.2 cm³/mol. The molecular formula is C18H17ClFNO4. The highest BCUT2D eigenvalue weighted by Gasteiger charge is 2.23. The van der Waals surface area contributed by atoms with Gasteiger partial charge >= 0.3 is 5.97 Å². The number of nitrogens with one attached hydrogen (secondary N) is 1. The van der Waals surface area contributed by atoms with E-state index in [9.17, 15) is 14.0 Å². The summed E-state index contributed by atoms with van der Waals surface area (Å²) in [7, 11) is 2.78. The van der Waals surface area contributed by atoms with Crippen molar-refractivity contribution in [2.75, 3.05) is 14.2 Å². The van der Waals surface area contributed by atoms with E-state index in [1.807, 2.05) is 0 Å². The second-order valence-corrected chi connectivity index (χ2v) is 5.58. The molecule has 0 saturated carbocycles. The highest BCUT2D eigenvalue weighted by molar-refractivity contribution is 6.33. The third-order valence-corrected chi connectivity index (χ3v) is 3.93. The first-order valence-corrected chi connectivity index (χ1v) is 7.79. The maximum Gasteiger partial charge on any atom is 0.307 e. The molecule has 0 bridgehead atoms. The smallest absolute Gasteiger partial charge is 0.307 e. The van der Waals surface area contributed by atoms with Crippen LogP contribution in [0.2, 0.25) is 5.02 Å². The summed E-state index contributed by atoms with van der Waals surface area (Å²) in [5, 5.41) is 2.62. The van der Waals surface area contributed by atoms with Crippen LogP contribution in [-0.2, 0) is 9.53 Å². The van der Waals surface area contributed by atoms with Crippen LogP contribution in [0.4, 0.5) is 4.39 Å². The zero-order valence-corrected chi connectivity index (χ0v) is 14.5. The molecular weight excluding hydrogens is 349 g/mol. The van der Waals surface area contributed by atoms with E-state index in [0.29, 0.717) is 11.3 Å². The Hall–Kier alpha value is -2.60. The monoisotopic (exact) mass is 365 g/mol. The largest absolute Gasteiger partial charge is 0.497 e. The van der Waals surface area contributed by atoms with Crippen LogP contribution in [0.15, 0.2) is 42.5 Å². The van der Waals surface area contributed by atoms with E-state index < -0.39 is 23.7 Å². The van der Waals surface area contributed by atoms with Crippen molar-refractivity contribution in [2.45, 2.75) is 12.5 Å². The van der Waals surface area contributed by atoms with Crippen LogP contribution >= 0.6 is 11.6 Å². The summed E-state index contributed by atoms with van der Waals surface area (Å²) in [6.07, 6.45) is -0.110. The maximum absolute atomic E-state index is 13.9. The second-order valence-electron chi connectivity index (χ2n) is 5.18. The molecule has 0 unspecified atom stereocenters. The highest BCUT2D eigenvalue weighted by atomic mass is 35.5. The summed E-state index contributed by atoms with van der Waals surface area (Å²) < 4.78 is 23.7. The molecule has 2 aromatic carbocycles. The molecule has 0 aliphatic rings. The van der Waals surface area contributed by atoms with Crippen molar-refractivity contribution in [2.24, 2.45) is 0 Å². The molecule has 5 nitrogen and oxygen atoms in total. The fourth-order valence-electron chi connectivity index (χ4n) is 2.28. The Bertz CT molecular complexity index is 744. The molecule has 0 radical (unpaired) electrons. The van der Waals surface area contributed by atoms with Gasteiger partial charge in [0.15, 0.2) is 0 Å². The van der Waals surface area contributed by atoms with Crippen molar-refractivity contribution in [1.29, 1.82) is 0 Å². The van der Waals surface area contributed by atoms with Crippen molar-refractivity contribution in [3.05, 3.63) is 64.4 Å². The fourth-order valence-corrected chi connectivity index (χ4v) is 2.53. The van der Waals surface area contributed by atoms with Gasteiger partial charge in [-0.3, -0.25) is 9.59 Å². The van der Waals surface area contributed by atoms with E-state index in [-0.39, 0.29) is 17.0 Å². The SMILES string of the molecule is COC(=O)C[C@@H](NC(=O)c1c(F)cccc1Cl)c1ccc(OC)cc1. The molecule has 132 valence electrons. The normalized spacial score (nSPS) is 11.5. The number of halogens is 2. The molecule has 1 atom stereocenters. The summed E-state index contributed by atoms with van der Waals surface area (Å²) in [4.78, 5) is 24.1. The summed E-state index contributed by atoms with van der Waals surface area (Å²) >= 11 is 5.92. The van der Waals surface area contributed by atoms with E-state index in [1.165, 1.54) is 26.4 Å². The molecule has 0 spiro atoms. The van der Waals surface area contributed by atoms with Gasteiger partial charge in [-0.25, -0.2) is 4.39 Å². The van der Waals surface area contributed by atoms with Gasteiger partial charge in [-0.2, -0.15) is 0 Å². The standard InChI is InChI=1S/C18H17ClFNO4/c1-24-12-8-6-11(7-9-12)15(10-16(22)25-2)21-18(23)17-13(19)4-3-5-14(17)20/h3-9,15H,10H2,1-2H3,(H,21,23)/t15-/m1/s1. The minimum Gasteiger partial charge on any atom is -0.497 e. The molecule has 0 aliphatic heterocycles. The number of carbonyl (C=O) groups is 2. The van der Waals surface area contributed by atoms with Gasteiger partial charge in [0.2, 0.25) is 0 Å². The summed E-state index contributed by atoms with van der Waals surface area (Å²) in [5.41, 5.74) is 0.375. The average Bonchev–Trinajstić information content (AvgIpc) is 2.61. The number of methoxy groups -OCH3 is 2. The maximum atomic E-state index is 13.9. The van der Waals surface area contributed by atoms with Crippen LogP contribution < -0.4 is 10.1 Å². The Balaban J connectivity index is 2.29. The van der Waals surface area contributed by atoms with Crippen molar-refractivity contribution in [3.8, 4) is 5.75 Å².